The lowest BCUT2D eigenvalue weighted by molar-refractivity contribution is -0.137. The van der Waals surface area contributed by atoms with Gasteiger partial charge in [-0.15, -0.1) is 5.10 Å². The molecule has 3 rings (SSSR count). The molecule has 5 heteroatoms. The van der Waals surface area contributed by atoms with Gasteiger partial charge in [0.1, 0.15) is 0 Å². The molecule has 2 aromatic rings. The van der Waals surface area contributed by atoms with Gasteiger partial charge < -0.3 is 5.11 Å². The van der Waals surface area contributed by atoms with E-state index in [2.05, 4.69) is 10.3 Å². The van der Waals surface area contributed by atoms with Crippen molar-refractivity contribution in [3.63, 3.8) is 0 Å². The molecule has 5 nitrogen and oxygen atoms in total. The van der Waals surface area contributed by atoms with E-state index in [1.54, 1.807) is 4.68 Å². The molecule has 0 radical (unpaired) electrons. The Labute approximate surface area is 104 Å². The number of rotatable bonds is 4. The summed E-state index contributed by atoms with van der Waals surface area (Å²) >= 11 is 0. The molecule has 1 aromatic carbocycles. The van der Waals surface area contributed by atoms with Gasteiger partial charge in [0.25, 0.3) is 0 Å². The van der Waals surface area contributed by atoms with E-state index in [4.69, 9.17) is 5.11 Å². The summed E-state index contributed by atoms with van der Waals surface area (Å²) in [5, 5.41) is 17.1. The van der Waals surface area contributed by atoms with Crippen molar-refractivity contribution < 1.29 is 9.90 Å². The number of aromatic nitrogens is 3. The minimum Gasteiger partial charge on any atom is -0.481 e. The zero-order valence-corrected chi connectivity index (χ0v) is 9.78. The number of aliphatic carboxylic acids is 1. The summed E-state index contributed by atoms with van der Waals surface area (Å²) in [5.41, 5.74) is 1.44. The lowest BCUT2D eigenvalue weighted by Crippen LogP contribution is -2.13. The molecule has 1 N–H and O–H groups in total. The Morgan fingerprint density at radius 1 is 1.33 bits per heavy atom. The number of carbonyl (C=O) groups is 1. The normalized spacial score (nSPS) is 16.4. The number of para-hydroxylation sites is 1. The molecular weight excluding hydrogens is 230 g/mol. The van der Waals surface area contributed by atoms with E-state index >= 15 is 0 Å². The Morgan fingerprint density at radius 3 is 2.67 bits per heavy atom. The van der Waals surface area contributed by atoms with Gasteiger partial charge in [0.2, 0.25) is 0 Å². The predicted octanol–water partition coefficient (Wildman–Crippen LogP) is 1.77. The Morgan fingerprint density at radius 2 is 2.06 bits per heavy atom. The molecule has 1 aliphatic rings. The van der Waals surface area contributed by atoms with Crippen LogP contribution in [0.3, 0.4) is 0 Å². The molecule has 1 fully saturated rings. The van der Waals surface area contributed by atoms with E-state index in [9.17, 15) is 4.79 Å². The summed E-state index contributed by atoms with van der Waals surface area (Å²) in [6.45, 7) is 0. The van der Waals surface area contributed by atoms with Crippen molar-refractivity contribution in [2.75, 3.05) is 0 Å². The molecule has 0 spiro atoms. The predicted molar refractivity (Wildman–Crippen MR) is 64.5 cm³/mol. The van der Waals surface area contributed by atoms with Crippen LogP contribution in [0.2, 0.25) is 0 Å². The van der Waals surface area contributed by atoms with Crippen molar-refractivity contribution in [1.82, 2.24) is 15.0 Å². The molecule has 0 unspecified atom stereocenters. The minimum absolute atomic E-state index is 0.139. The van der Waals surface area contributed by atoms with Gasteiger partial charge in [-0.25, -0.2) is 4.68 Å². The first-order valence-electron chi connectivity index (χ1n) is 5.90. The van der Waals surface area contributed by atoms with Crippen LogP contribution in [0, 0.1) is 0 Å². The Kier molecular flexibility index (Phi) is 2.40. The van der Waals surface area contributed by atoms with Gasteiger partial charge in [-0.2, -0.15) is 0 Å². The molecule has 0 saturated heterocycles. The van der Waals surface area contributed by atoms with E-state index in [0.29, 0.717) is 0 Å². The number of hydrogen-bond acceptors (Lipinski definition) is 3. The van der Waals surface area contributed by atoms with Crippen molar-refractivity contribution in [2.24, 2.45) is 0 Å². The second-order valence-corrected chi connectivity index (χ2v) is 4.73. The Bertz CT molecular complexity index is 573. The molecule has 1 aliphatic carbocycles. The zero-order chi connectivity index (χ0) is 12.6. The first kappa shape index (κ1) is 11.0. The summed E-state index contributed by atoms with van der Waals surface area (Å²) in [6, 6.07) is 9.68. The van der Waals surface area contributed by atoms with Crippen molar-refractivity contribution >= 4 is 5.97 Å². The van der Waals surface area contributed by atoms with Gasteiger partial charge in [-0.05, 0) is 25.0 Å². The molecule has 92 valence electrons. The highest BCUT2D eigenvalue weighted by atomic mass is 16.4. The van der Waals surface area contributed by atoms with Crippen LogP contribution in [0.15, 0.2) is 36.5 Å². The second-order valence-electron chi connectivity index (χ2n) is 4.73. The lowest BCUT2D eigenvalue weighted by Gasteiger charge is -2.06. The number of benzene rings is 1. The van der Waals surface area contributed by atoms with E-state index < -0.39 is 5.97 Å². The molecule has 18 heavy (non-hydrogen) atoms. The molecule has 0 atom stereocenters. The van der Waals surface area contributed by atoms with Gasteiger partial charge in [0, 0.05) is 5.41 Å². The SMILES string of the molecule is O=C(O)CC1(c2cn(-c3ccccc3)nn2)CC1. The molecule has 1 aromatic heterocycles. The van der Waals surface area contributed by atoms with Crippen LogP contribution in [0.4, 0.5) is 0 Å². The van der Waals surface area contributed by atoms with Crippen molar-refractivity contribution in [3.8, 4) is 5.69 Å². The molecule has 1 saturated carbocycles. The summed E-state index contributed by atoms with van der Waals surface area (Å²) in [4.78, 5) is 10.9. The van der Waals surface area contributed by atoms with Crippen LogP contribution in [-0.4, -0.2) is 26.1 Å². The highest BCUT2D eigenvalue weighted by Gasteiger charge is 2.48. The topological polar surface area (TPSA) is 68.0 Å². The Hall–Kier alpha value is -2.17. The average molecular weight is 243 g/mol. The fourth-order valence-corrected chi connectivity index (χ4v) is 2.18. The van der Waals surface area contributed by atoms with Crippen LogP contribution in [-0.2, 0) is 10.2 Å². The number of hydrogen-bond donors (Lipinski definition) is 1. The second kappa shape index (κ2) is 3.94. The van der Waals surface area contributed by atoms with Crippen LogP contribution >= 0.6 is 0 Å². The van der Waals surface area contributed by atoms with Gasteiger partial charge in [-0.3, -0.25) is 4.79 Å². The summed E-state index contributed by atoms with van der Waals surface area (Å²) in [5.74, 6) is -0.776. The number of carboxylic acids is 1. The third kappa shape index (κ3) is 1.88. The summed E-state index contributed by atoms with van der Waals surface area (Å²) < 4.78 is 1.69. The largest absolute Gasteiger partial charge is 0.481 e. The maximum Gasteiger partial charge on any atom is 0.304 e. The van der Waals surface area contributed by atoms with Crippen LogP contribution < -0.4 is 0 Å². The molecule has 0 bridgehead atoms. The summed E-state index contributed by atoms with van der Waals surface area (Å²) in [7, 11) is 0. The monoisotopic (exact) mass is 243 g/mol. The van der Waals surface area contributed by atoms with Crippen molar-refractivity contribution in [3.05, 3.63) is 42.2 Å². The van der Waals surface area contributed by atoms with E-state index in [1.807, 2.05) is 36.5 Å². The fourth-order valence-electron chi connectivity index (χ4n) is 2.18. The maximum atomic E-state index is 10.9. The van der Waals surface area contributed by atoms with Gasteiger partial charge in [0.15, 0.2) is 0 Å². The van der Waals surface area contributed by atoms with Crippen LogP contribution in [0.25, 0.3) is 5.69 Å². The molecular formula is C13H13N3O2. The van der Waals surface area contributed by atoms with Crippen molar-refractivity contribution in [1.29, 1.82) is 0 Å². The van der Waals surface area contributed by atoms with E-state index in [0.717, 1.165) is 24.2 Å². The minimum atomic E-state index is -0.776. The van der Waals surface area contributed by atoms with Crippen LogP contribution in [0.5, 0.6) is 0 Å². The van der Waals surface area contributed by atoms with Gasteiger partial charge in [-0.1, -0.05) is 23.4 Å². The highest BCUT2D eigenvalue weighted by Crippen LogP contribution is 2.50. The van der Waals surface area contributed by atoms with Crippen molar-refractivity contribution in [2.45, 2.75) is 24.7 Å². The zero-order valence-electron chi connectivity index (χ0n) is 9.78. The Balaban J connectivity index is 1.89. The highest BCUT2D eigenvalue weighted by molar-refractivity contribution is 5.69. The summed E-state index contributed by atoms with van der Waals surface area (Å²) in [6.07, 6.45) is 3.74. The lowest BCUT2D eigenvalue weighted by atomic mass is 9.99. The van der Waals surface area contributed by atoms with Crippen LogP contribution in [0.1, 0.15) is 25.0 Å². The third-order valence-corrected chi connectivity index (χ3v) is 3.40. The van der Waals surface area contributed by atoms with E-state index in [-0.39, 0.29) is 11.8 Å². The average Bonchev–Trinajstić information content (AvgIpc) is 2.96. The number of carboxylic acid groups (broad SMARTS) is 1. The van der Waals surface area contributed by atoms with Gasteiger partial charge >= 0.3 is 5.97 Å². The standard InChI is InChI=1S/C13H13N3O2/c17-12(18)8-13(6-7-13)11-9-16(15-14-11)10-4-2-1-3-5-10/h1-5,9H,6-8H2,(H,17,18). The third-order valence-electron chi connectivity index (χ3n) is 3.40. The quantitative estimate of drug-likeness (QED) is 0.888. The number of nitrogens with zero attached hydrogens (tertiary/aromatic N) is 3. The fraction of sp³-hybridized carbons (Fsp3) is 0.308. The maximum absolute atomic E-state index is 10.9. The molecule has 1 heterocycles. The van der Waals surface area contributed by atoms with E-state index in [1.165, 1.54) is 0 Å². The molecule has 0 amide bonds. The smallest absolute Gasteiger partial charge is 0.304 e. The molecule has 0 aliphatic heterocycles. The first-order valence-corrected chi connectivity index (χ1v) is 5.90. The van der Waals surface area contributed by atoms with Gasteiger partial charge in [0.05, 0.1) is 24.0 Å². The first-order chi connectivity index (χ1) is 8.70.